The second kappa shape index (κ2) is 9.54. The van der Waals surface area contributed by atoms with E-state index in [0.717, 1.165) is 21.0 Å². The van der Waals surface area contributed by atoms with Crippen LogP contribution in [0.1, 0.15) is 29.7 Å². The number of carbonyl (C=O) groups is 1. The third kappa shape index (κ3) is 5.46. The maximum Gasteiger partial charge on any atom is 0.264 e. The van der Waals surface area contributed by atoms with Crippen molar-refractivity contribution >= 4 is 33.2 Å². The molecule has 0 heterocycles. The molecule has 162 valence electrons. The zero-order valence-corrected chi connectivity index (χ0v) is 19.2. The largest absolute Gasteiger partial charge is 0.348 e. The number of aryl methyl sites for hydroxylation is 2. The zero-order valence-electron chi connectivity index (χ0n) is 17.7. The number of hydrogen-bond acceptors (Lipinski definition) is 3. The van der Waals surface area contributed by atoms with Crippen molar-refractivity contribution in [1.82, 2.24) is 5.32 Å². The van der Waals surface area contributed by atoms with Crippen LogP contribution in [0.3, 0.4) is 0 Å². The van der Waals surface area contributed by atoms with Crippen molar-refractivity contribution in [3.05, 3.63) is 94.5 Å². The van der Waals surface area contributed by atoms with E-state index in [1.165, 1.54) is 24.3 Å². The summed E-state index contributed by atoms with van der Waals surface area (Å²) in [5.41, 5.74) is 3.34. The molecule has 0 aliphatic heterocycles. The number of benzene rings is 3. The lowest BCUT2D eigenvalue weighted by Crippen LogP contribution is -2.41. The molecular weight excluding hydrogens is 432 g/mol. The van der Waals surface area contributed by atoms with Crippen LogP contribution >= 0.6 is 11.6 Å². The van der Waals surface area contributed by atoms with E-state index in [4.69, 9.17) is 11.6 Å². The Bertz CT molecular complexity index is 1160. The summed E-state index contributed by atoms with van der Waals surface area (Å²) in [6.07, 6.45) is 0. The van der Waals surface area contributed by atoms with Gasteiger partial charge in [-0.05, 0) is 73.9 Å². The molecule has 0 aliphatic carbocycles. The molecule has 0 aromatic heterocycles. The first kappa shape index (κ1) is 22.8. The Labute approximate surface area is 188 Å². The Kier molecular flexibility index (Phi) is 7.03. The summed E-state index contributed by atoms with van der Waals surface area (Å²) < 4.78 is 28.0. The van der Waals surface area contributed by atoms with Gasteiger partial charge in [-0.1, -0.05) is 48.0 Å². The van der Waals surface area contributed by atoms with Crippen LogP contribution in [0.15, 0.2) is 77.7 Å². The van der Waals surface area contributed by atoms with E-state index in [9.17, 15) is 13.2 Å². The van der Waals surface area contributed by atoms with Gasteiger partial charge in [0.2, 0.25) is 5.91 Å². The fourth-order valence-electron chi connectivity index (χ4n) is 3.17. The number of nitrogens with one attached hydrogen (secondary N) is 1. The summed E-state index contributed by atoms with van der Waals surface area (Å²) in [5, 5.41) is 3.33. The van der Waals surface area contributed by atoms with E-state index >= 15 is 0 Å². The average Bonchev–Trinajstić information content (AvgIpc) is 2.75. The summed E-state index contributed by atoms with van der Waals surface area (Å²) in [6, 6.07) is 20.5. The Hall–Kier alpha value is -2.83. The van der Waals surface area contributed by atoms with Gasteiger partial charge in [0, 0.05) is 5.02 Å². The van der Waals surface area contributed by atoms with Gasteiger partial charge < -0.3 is 5.32 Å². The number of amides is 1. The average molecular weight is 457 g/mol. The number of sulfonamides is 1. The SMILES string of the molecule is Cc1ccc(N(CC(=O)N[C@H](C)c2ccccc2)S(=O)(=O)c2ccc(Cl)cc2)cc1C. The molecule has 3 rings (SSSR count). The maximum absolute atomic E-state index is 13.4. The number of anilines is 1. The summed E-state index contributed by atoms with van der Waals surface area (Å²) in [4.78, 5) is 12.9. The molecule has 5 nitrogen and oxygen atoms in total. The van der Waals surface area contributed by atoms with Crippen molar-refractivity contribution in [3.8, 4) is 0 Å². The summed E-state index contributed by atoms with van der Waals surface area (Å²) in [5.74, 6) is -0.396. The Morgan fingerprint density at radius 2 is 1.61 bits per heavy atom. The van der Waals surface area contributed by atoms with Crippen molar-refractivity contribution in [1.29, 1.82) is 0 Å². The normalized spacial score (nSPS) is 12.3. The minimum Gasteiger partial charge on any atom is -0.348 e. The molecular formula is C24H25ClN2O3S. The van der Waals surface area contributed by atoms with E-state index in [1.807, 2.05) is 57.2 Å². The quantitative estimate of drug-likeness (QED) is 0.542. The highest BCUT2D eigenvalue weighted by Gasteiger charge is 2.28. The Balaban J connectivity index is 1.93. The lowest BCUT2D eigenvalue weighted by molar-refractivity contribution is -0.120. The van der Waals surface area contributed by atoms with Crippen molar-refractivity contribution in [2.45, 2.75) is 31.7 Å². The molecule has 1 amide bonds. The lowest BCUT2D eigenvalue weighted by Gasteiger charge is -2.26. The molecule has 0 spiro atoms. The molecule has 3 aromatic rings. The summed E-state index contributed by atoms with van der Waals surface area (Å²) >= 11 is 5.92. The summed E-state index contributed by atoms with van der Waals surface area (Å²) in [6.45, 7) is 5.38. The van der Waals surface area contributed by atoms with Crippen LogP contribution in [-0.2, 0) is 14.8 Å². The molecule has 0 fully saturated rings. The smallest absolute Gasteiger partial charge is 0.264 e. The van der Waals surface area contributed by atoms with Crippen molar-refractivity contribution in [2.75, 3.05) is 10.8 Å². The molecule has 31 heavy (non-hydrogen) atoms. The summed E-state index contributed by atoms with van der Waals surface area (Å²) in [7, 11) is -3.98. The highest BCUT2D eigenvalue weighted by atomic mass is 35.5. The van der Waals surface area contributed by atoms with Gasteiger partial charge in [0.05, 0.1) is 16.6 Å². The fourth-order valence-corrected chi connectivity index (χ4v) is 4.71. The van der Waals surface area contributed by atoms with Crippen LogP contribution in [0.4, 0.5) is 5.69 Å². The van der Waals surface area contributed by atoms with E-state index in [0.29, 0.717) is 10.7 Å². The van der Waals surface area contributed by atoms with Gasteiger partial charge in [-0.3, -0.25) is 9.10 Å². The topological polar surface area (TPSA) is 66.5 Å². The highest BCUT2D eigenvalue weighted by molar-refractivity contribution is 7.92. The number of hydrogen-bond donors (Lipinski definition) is 1. The predicted octanol–water partition coefficient (Wildman–Crippen LogP) is 5.03. The highest BCUT2D eigenvalue weighted by Crippen LogP contribution is 2.26. The molecule has 0 aliphatic rings. The van der Waals surface area contributed by atoms with Crippen LogP contribution in [-0.4, -0.2) is 20.9 Å². The molecule has 0 saturated heterocycles. The number of halogens is 1. The standard InChI is InChI=1S/C24H25ClN2O3S/c1-17-9-12-22(15-18(17)2)27(31(29,30)23-13-10-21(25)11-14-23)16-24(28)26-19(3)20-7-5-4-6-8-20/h4-15,19H,16H2,1-3H3,(H,26,28)/t19-/m1/s1. The van der Waals surface area contributed by atoms with Gasteiger partial charge in [0.25, 0.3) is 10.0 Å². The lowest BCUT2D eigenvalue weighted by atomic mass is 10.1. The van der Waals surface area contributed by atoms with Gasteiger partial charge in [-0.15, -0.1) is 0 Å². The second-order valence-electron chi connectivity index (χ2n) is 7.43. The van der Waals surface area contributed by atoms with Gasteiger partial charge in [-0.2, -0.15) is 0 Å². The van der Waals surface area contributed by atoms with Crippen LogP contribution in [0.2, 0.25) is 5.02 Å². The first-order valence-electron chi connectivity index (χ1n) is 9.88. The predicted molar refractivity (Wildman–Crippen MR) is 125 cm³/mol. The molecule has 1 atom stereocenters. The first-order valence-corrected chi connectivity index (χ1v) is 11.7. The molecule has 0 unspecified atom stereocenters. The number of nitrogens with zero attached hydrogens (tertiary/aromatic N) is 1. The Morgan fingerprint density at radius 3 is 2.23 bits per heavy atom. The van der Waals surface area contributed by atoms with E-state index < -0.39 is 15.9 Å². The van der Waals surface area contributed by atoms with Crippen molar-refractivity contribution in [3.63, 3.8) is 0 Å². The maximum atomic E-state index is 13.4. The number of carbonyl (C=O) groups excluding carboxylic acids is 1. The number of rotatable bonds is 7. The fraction of sp³-hybridized carbons (Fsp3) is 0.208. The molecule has 0 radical (unpaired) electrons. The zero-order chi connectivity index (χ0) is 22.6. The minimum atomic E-state index is -3.98. The van der Waals surface area contributed by atoms with Gasteiger partial charge >= 0.3 is 0 Å². The first-order chi connectivity index (χ1) is 14.7. The third-order valence-electron chi connectivity index (χ3n) is 5.14. The van der Waals surface area contributed by atoms with E-state index in [1.54, 1.807) is 12.1 Å². The monoisotopic (exact) mass is 456 g/mol. The van der Waals surface area contributed by atoms with Crippen LogP contribution in [0.25, 0.3) is 0 Å². The minimum absolute atomic E-state index is 0.0686. The molecule has 1 N–H and O–H groups in total. The van der Waals surface area contributed by atoms with Crippen LogP contribution in [0.5, 0.6) is 0 Å². The molecule has 0 bridgehead atoms. The molecule has 3 aromatic carbocycles. The Morgan fingerprint density at radius 1 is 0.968 bits per heavy atom. The third-order valence-corrected chi connectivity index (χ3v) is 7.18. The second-order valence-corrected chi connectivity index (χ2v) is 9.73. The van der Waals surface area contributed by atoms with Crippen LogP contribution in [0, 0.1) is 13.8 Å². The van der Waals surface area contributed by atoms with Crippen LogP contribution < -0.4 is 9.62 Å². The van der Waals surface area contributed by atoms with Gasteiger partial charge in [0.15, 0.2) is 0 Å². The van der Waals surface area contributed by atoms with E-state index in [-0.39, 0.29) is 17.5 Å². The molecule has 0 saturated carbocycles. The van der Waals surface area contributed by atoms with Gasteiger partial charge in [-0.25, -0.2) is 8.42 Å². The molecule has 7 heteroatoms. The van der Waals surface area contributed by atoms with Crippen molar-refractivity contribution in [2.24, 2.45) is 0 Å². The van der Waals surface area contributed by atoms with Crippen molar-refractivity contribution < 1.29 is 13.2 Å². The van der Waals surface area contributed by atoms with E-state index in [2.05, 4.69) is 5.32 Å². The van der Waals surface area contributed by atoms with Gasteiger partial charge in [0.1, 0.15) is 6.54 Å².